The van der Waals surface area contributed by atoms with Gasteiger partial charge in [0.1, 0.15) is 4.90 Å². The van der Waals surface area contributed by atoms with Crippen LogP contribution >= 0.6 is 27.3 Å². The SMILES string of the molecule is Cc1ccc(N)c(S(=O)(=O)Nc2ncc(Br)s2)c1C. The van der Waals surface area contributed by atoms with Gasteiger partial charge in [-0.2, -0.15) is 0 Å². The van der Waals surface area contributed by atoms with Crippen LogP contribution in [0.3, 0.4) is 0 Å². The highest BCUT2D eigenvalue weighted by Gasteiger charge is 2.22. The van der Waals surface area contributed by atoms with Crippen LogP contribution in [-0.2, 0) is 10.0 Å². The van der Waals surface area contributed by atoms with Crippen LogP contribution in [0.2, 0.25) is 0 Å². The number of aryl methyl sites for hydroxylation is 1. The monoisotopic (exact) mass is 361 g/mol. The number of rotatable bonds is 3. The van der Waals surface area contributed by atoms with Gasteiger partial charge in [0, 0.05) is 0 Å². The number of nitrogen functional groups attached to an aromatic ring is 1. The summed E-state index contributed by atoms with van der Waals surface area (Å²) in [6.45, 7) is 3.58. The molecule has 2 rings (SSSR count). The predicted octanol–water partition coefficient (Wildman–Crippen LogP) is 2.91. The van der Waals surface area contributed by atoms with Crippen LogP contribution in [0.25, 0.3) is 0 Å². The molecule has 19 heavy (non-hydrogen) atoms. The summed E-state index contributed by atoms with van der Waals surface area (Å²) in [5, 5.41) is 0.298. The van der Waals surface area contributed by atoms with Gasteiger partial charge < -0.3 is 5.73 Å². The molecule has 0 amide bonds. The summed E-state index contributed by atoms with van der Waals surface area (Å²) in [5.41, 5.74) is 7.53. The van der Waals surface area contributed by atoms with Gasteiger partial charge in [0.25, 0.3) is 10.0 Å². The Kier molecular flexibility index (Phi) is 3.84. The van der Waals surface area contributed by atoms with E-state index in [-0.39, 0.29) is 10.6 Å². The second-order valence-electron chi connectivity index (χ2n) is 4.00. The Labute approximate surface area is 124 Å². The fourth-order valence-corrected chi connectivity index (χ4v) is 4.42. The Morgan fingerprint density at radius 1 is 1.37 bits per heavy atom. The lowest BCUT2D eigenvalue weighted by atomic mass is 10.1. The number of nitrogens with two attached hydrogens (primary N) is 1. The number of nitrogens with zero attached hydrogens (tertiary/aromatic N) is 1. The van der Waals surface area contributed by atoms with Crippen molar-refractivity contribution in [3.8, 4) is 0 Å². The van der Waals surface area contributed by atoms with E-state index < -0.39 is 10.0 Å². The Bertz CT molecular complexity index is 726. The van der Waals surface area contributed by atoms with Gasteiger partial charge in [-0.3, -0.25) is 4.72 Å². The van der Waals surface area contributed by atoms with Crippen LogP contribution in [0, 0.1) is 13.8 Å². The van der Waals surface area contributed by atoms with Crippen molar-refractivity contribution in [2.75, 3.05) is 10.5 Å². The fraction of sp³-hybridized carbons (Fsp3) is 0.182. The minimum atomic E-state index is -3.73. The number of halogens is 1. The van der Waals surface area contributed by atoms with Crippen LogP contribution in [0.15, 0.2) is 27.0 Å². The van der Waals surface area contributed by atoms with Gasteiger partial charge in [-0.05, 0) is 47.0 Å². The standard InChI is InChI=1S/C11H12BrN3O2S2/c1-6-3-4-8(13)10(7(6)2)19(16,17)15-11-14-5-9(12)18-11/h3-5H,13H2,1-2H3,(H,14,15). The highest BCUT2D eigenvalue weighted by atomic mass is 79.9. The molecule has 0 aliphatic heterocycles. The van der Waals surface area contributed by atoms with Gasteiger partial charge >= 0.3 is 0 Å². The molecule has 102 valence electrons. The molecule has 0 aliphatic carbocycles. The summed E-state index contributed by atoms with van der Waals surface area (Å²) in [6.07, 6.45) is 1.54. The van der Waals surface area contributed by atoms with Crippen LogP contribution < -0.4 is 10.5 Å². The summed E-state index contributed by atoms with van der Waals surface area (Å²) >= 11 is 4.43. The summed E-state index contributed by atoms with van der Waals surface area (Å²) in [7, 11) is -3.73. The zero-order valence-corrected chi connectivity index (χ0v) is 13.5. The molecule has 0 atom stereocenters. The van der Waals surface area contributed by atoms with E-state index in [1.807, 2.05) is 6.92 Å². The highest BCUT2D eigenvalue weighted by Crippen LogP contribution is 2.29. The van der Waals surface area contributed by atoms with Gasteiger partial charge in [-0.1, -0.05) is 17.4 Å². The van der Waals surface area contributed by atoms with E-state index in [1.165, 1.54) is 17.5 Å². The first kappa shape index (κ1) is 14.3. The van der Waals surface area contributed by atoms with E-state index in [4.69, 9.17) is 5.73 Å². The Morgan fingerprint density at radius 2 is 2.05 bits per heavy atom. The molecule has 0 saturated heterocycles. The second kappa shape index (κ2) is 5.10. The largest absolute Gasteiger partial charge is 0.398 e. The van der Waals surface area contributed by atoms with Crippen molar-refractivity contribution in [3.63, 3.8) is 0 Å². The molecule has 1 heterocycles. The average Bonchev–Trinajstić information content (AvgIpc) is 2.68. The zero-order valence-electron chi connectivity index (χ0n) is 10.3. The van der Waals surface area contributed by atoms with Crippen molar-refractivity contribution in [1.82, 2.24) is 4.98 Å². The highest BCUT2D eigenvalue weighted by molar-refractivity contribution is 9.11. The van der Waals surface area contributed by atoms with Crippen molar-refractivity contribution in [3.05, 3.63) is 33.2 Å². The number of sulfonamides is 1. The Balaban J connectivity index is 2.48. The first-order valence-corrected chi connectivity index (χ1v) is 8.40. The van der Waals surface area contributed by atoms with Crippen LogP contribution in [0.4, 0.5) is 10.8 Å². The molecular weight excluding hydrogens is 350 g/mol. The number of aromatic nitrogens is 1. The van der Waals surface area contributed by atoms with Crippen molar-refractivity contribution in [2.45, 2.75) is 18.7 Å². The zero-order chi connectivity index (χ0) is 14.2. The van der Waals surface area contributed by atoms with Crippen LogP contribution in [0.5, 0.6) is 0 Å². The van der Waals surface area contributed by atoms with Gasteiger partial charge in [0.2, 0.25) is 0 Å². The smallest absolute Gasteiger partial charge is 0.265 e. The number of hydrogen-bond acceptors (Lipinski definition) is 5. The number of nitrogens with one attached hydrogen (secondary N) is 1. The molecule has 3 N–H and O–H groups in total. The van der Waals surface area contributed by atoms with E-state index in [1.54, 1.807) is 19.1 Å². The Morgan fingerprint density at radius 3 is 2.63 bits per heavy atom. The topological polar surface area (TPSA) is 85.1 Å². The van der Waals surface area contributed by atoms with Gasteiger partial charge in [-0.15, -0.1) is 0 Å². The fourth-order valence-electron chi connectivity index (χ4n) is 1.64. The number of benzene rings is 1. The summed E-state index contributed by atoms with van der Waals surface area (Å²) in [6, 6.07) is 3.39. The van der Waals surface area contributed by atoms with E-state index in [0.717, 1.165) is 9.35 Å². The third kappa shape index (κ3) is 2.90. The third-order valence-electron chi connectivity index (χ3n) is 2.68. The summed E-state index contributed by atoms with van der Waals surface area (Å²) < 4.78 is 27.9. The minimum absolute atomic E-state index is 0.110. The number of anilines is 2. The molecule has 0 fully saturated rings. The minimum Gasteiger partial charge on any atom is -0.398 e. The lowest BCUT2D eigenvalue weighted by Crippen LogP contribution is -2.16. The number of hydrogen-bond donors (Lipinski definition) is 2. The van der Waals surface area contributed by atoms with E-state index in [0.29, 0.717) is 10.7 Å². The first-order chi connectivity index (χ1) is 8.81. The third-order valence-corrected chi connectivity index (χ3v) is 5.74. The molecule has 1 aromatic carbocycles. The summed E-state index contributed by atoms with van der Waals surface area (Å²) in [5.74, 6) is 0. The average molecular weight is 362 g/mol. The maximum absolute atomic E-state index is 12.4. The molecule has 8 heteroatoms. The normalized spacial score (nSPS) is 11.5. The van der Waals surface area contributed by atoms with Crippen molar-refractivity contribution in [2.24, 2.45) is 0 Å². The molecule has 0 bridgehead atoms. The van der Waals surface area contributed by atoms with E-state index in [9.17, 15) is 8.42 Å². The Hall–Kier alpha value is -1.12. The van der Waals surface area contributed by atoms with Crippen molar-refractivity contribution >= 4 is 48.1 Å². The molecule has 0 radical (unpaired) electrons. The molecular formula is C11H12BrN3O2S2. The van der Waals surface area contributed by atoms with Crippen LogP contribution in [-0.4, -0.2) is 13.4 Å². The summed E-state index contributed by atoms with van der Waals surface area (Å²) in [4.78, 5) is 4.06. The first-order valence-electron chi connectivity index (χ1n) is 5.31. The molecule has 0 unspecified atom stereocenters. The van der Waals surface area contributed by atoms with E-state index >= 15 is 0 Å². The van der Waals surface area contributed by atoms with Crippen molar-refractivity contribution in [1.29, 1.82) is 0 Å². The molecule has 5 nitrogen and oxygen atoms in total. The predicted molar refractivity (Wildman–Crippen MR) is 81.0 cm³/mol. The lowest BCUT2D eigenvalue weighted by Gasteiger charge is -2.12. The van der Waals surface area contributed by atoms with Gasteiger partial charge in [0.15, 0.2) is 5.13 Å². The maximum Gasteiger partial charge on any atom is 0.265 e. The van der Waals surface area contributed by atoms with Gasteiger partial charge in [0.05, 0.1) is 15.7 Å². The van der Waals surface area contributed by atoms with Gasteiger partial charge in [-0.25, -0.2) is 13.4 Å². The molecule has 0 aliphatic rings. The van der Waals surface area contributed by atoms with Crippen molar-refractivity contribution < 1.29 is 8.42 Å². The van der Waals surface area contributed by atoms with Crippen LogP contribution in [0.1, 0.15) is 11.1 Å². The molecule has 2 aromatic rings. The maximum atomic E-state index is 12.4. The molecule has 0 spiro atoms. The second-order valence-corrected chi connectivity index (χ2v) is 8.03. The lowest BCUT2D eigenvalue weighted by molar-refractivity contribution is 0.601. The van der Waals surface area contributed by atoms with E-state index in [2.05, 4.69) is 25.6 Å². The molecule has 1 aromatic heterocycles. The number of thiazole rings is 1. The quantitative estimate of drug-likeness (QED) is 0.823. The molecule has 0 saturated carbocycles.